The summed E-state index contributed by atoms with van der Waals surface area (Å²) in [7, 11) is 1.64. The van der Waals surface area contributed by atoms with E-state index in [4.69, 9.17) is 9.73 Å². The number of nitrogens with one attached hydrogen (secondary N) is 1. The Bertz CT molecular complexity index is 1690. The Morgan fingerprint density at radius 2 is 1.81 bits per heavy atom. The number of amides is 1. The minimum absolute atomic E-state index is 0.0772. The van der Waals surface area contributed by atoms with Crippen molar-refractivity contribution in [3.8, 4) is 0 Å². The highest BCUT2D eigenvalue weighted by Gasteiger charge is 2.30. The fraction of sp³-hybridized carbons (Fsp3) is 0.351. The van der Waals surface area contributed by atoms with E-state index in [2.05, 4.69) is 101 Å². The van der Waals surface area contributed by atoms with Gasteiger partial charge in [0, 0.05) is 34.5 Å². The summed E-state index contributed by atoms with van der Waals surface area (Å²) in [6, 6.07) is 23.8. The second-order valence-corrected chi connectivity index (χ2v) is 12.9. The van der Waals surface area contributed by atoms with Crippen molar-refractivity contribution < 1.29 is 9.53 Å². The van der Waals surface area contributed by atoms with Gasteiger partial charge in [-0.3, -0.25) is 9.69 Å². The zero-order chi connectivity index (χ0) is 29.9. The van der Waals surface area contributed by atoms with Crippen LogP contribution in [-0.2, 0) is 4.74 Å². The molecule has 1 amide bonds. The molecule has 0 aromatic heterocycles. The quantitative estimate of drug-likeness (QED) is 0.281. The van der Waals surface area contributed by atoms with E-state index >= 15 is 0 Å². The molecule has 0 spiro atoms. The number of ether oxygens (including phenoxy) is 1. The molecule has 3 aliphatic rings. The first-order valence-electron chi connectivity index (χ1n) is 15.4. The van der Waals surface area contributed by atoms with Crippen molar-refractivity contribution in [1.82, 2.24) is 10.2 Å². The number of hydrogen-bond acceptors (Lipinski definition) is 4. The normalized spacial score (nSPS) is 19.2. The zero-order valence-electron chi connectivity index (χ0n) is 25.3. The summed E-state index contributed by atoms with van der Waals surface area (Å²) in [6.45, 7) is 7.49. The van der Waals surface area contributed by atoms with Gasteiger partial charge in [0.2, 0.25) is 0 Å². The van der Waals surface area contributed by atoms with Crippen LogP contribution in [0.5, 0.6) is 0 Å². The highest BCUT2D eigenvalue weighted by molar-refractivity contribution is 9.10. The lowest BCUT2D eigenvalue weighted by molar-refractivity contribution is 0.0936. The molecule has 1 saturated heterocycles. The maximum atomic E-state index is 13.0. The van der Waals surface area contributed by atoms with Crippen molar-refractivity contribution in [1.29, 1.82) is 0 Å². The van der Waals surface area contributed by atoms with Crippen LogP contribution in [0.2, 0.25) is 0 Å². The van der Waals surface area contributed by atoms with E-state index < -0.39 is 0 Å². The second kappa shape index (κ2) is 13.1. The first-order chi connectivity index (χ1) is 20.9. The number of aryl methyl sites for hydroxylation is 1. The van der Waals surface area contributed by atoms with Crippen LogP contribution in [0.3, 0.4) is 0 Å². The molecule has 222 valence electrons. The summed E-state index contributed by atoms with van der Waals surface area (Å²) in [4.78, 5) is 20.7. The number of carbonyl (C=O) groups is 1. The maximum Gasteiger partial charge on any atom is 0.252 e. The van der Waals surface area contributed by atoms with Crippen molar-refractivity contribution >= 4 is 27.4 Å². The summed E-state index contributed by atoms with van der Waals surface area (Å²) < 4.78 is 6.26. The van der Waals surface area contributed by atoms with Crippen molar-refractivity contribution in [2.75, 3.05) is 33.4 Å². The Balaban J connectivity index is 1.17. The molecule has 0 radical (unpaired) electrons. The number of allylic oxidation sites excluding steroid dienone is 3. The molecule has 0 saturated carbocycles. The minimum Gasteiger partial charge on any atom is -0.383 e. The van der Waals surface area contributed by atoms with Crippen molar-refractivity contribution in [3.05, 3.63) is 127 Å². The fourth-order valence-corrected chi connectivity index (χ4v) is 7.24. The molecule has 43 heavy (non-hydrogen) atoms. The lowest BCUT2D eigenvalue weighted by Crippen LogP contribution is -2.37. The van der Waals surface area contributed by atoms with Gasteiger partial charge in [0.25, 0.3) is 5.91 Å². The Hall–Kier alpha value is -3.32. The number of carbonyl (C=O) groups excluding carboxylic acids is 1. The molecule has 2 atom stereocenters. The van der Waals surface area contributed by atoms with E-state index in [0.717, 1.165) is 45.8 Å². The maximum absolute atomic E-state index is 13.0. The van der Waals surface area contributed by atoms with Crippen molar-refractivity contribution in [2.45, 2.75) is 39.2 Å². The minimum atomic E-state index is -0.0772. The summed E-state index contributed by atoms with van der Waals surface area (Å²) in [5.74, 6) is 0.940. The monoisotopic (exact) mass is 637 g/mol. The lowest BCUT2D eigenvalue weighted by Gasteiger charge is -2.39. The molecule has 5 nitrogen and oxygen atoms in total. The molecule has 2 heterocycles. The number of nitrogens with zero attached hydrogens (tertiary/aromatic N) is 2. The molecule has 6 rings (SSSR count). The average molecular weight is 639 g/mol. The summed E-state index contributed by atoms with van der Waals surface area (Å²) in [5, 5.41) is 4.82. The summed E-state index contributed by atoms with van der Waals surface area (Å²) in [6.07, 6.45) is 8.23. The average Bonchev–Trinajstić information content (AvgIpc) is 3.40. The van der Waals surface area contributed by atoms with Gasteiger partial charge in [0.15, 0.2) is 0 Å². The number of likely N-dealkylation sites (tertiary alicyclic amines) is 1. The van der Waals surface area contributed by atoms with Crippen LogP contribution < -0.4 is 15.9 Å². The molecule has 1 aliphatic carbocycles. The van der Waals surface area contributed by atoms with E-state index in [1.165, 1.54) is 35.1 Å². The number of benzene rings is 3. The number of methoxy groups -OCH3 is 1. The highest BCUT2D eigenvalue weighted by Crippen LogP contribution is 2.38. The van der Waals surface area contributed by atoms with Gasteiger partial charge in [-0.2, -0.15) is 0 Å². The van der Waals surface area contributed by atoms with Crippen LogP contribution in [0.15, 0.2) is 99.6 Å². The van der Waals surface area contributed by atoms with E-state index in [1.54, 1.807) is 7.11 Å². The summed E-state index contributed by atoms with van der Waals surface area (Å²) >= 11 is 3.68. The van der Waals surface area contributed by atoms with Gasteiger partial charge < -0.3 is 10.1 Å². The van der Waals surface area contributed by atoms with Crippen LogP contribution in [0, 0.1) is 18.8 Å². The van der Waals surface area contributed by atoms with Gasteiger partial charge in [0.05, 0.1) is 23.7 Å². The number of halogens is 1. The Labute approximate surface area is 263 Å². The standard InChI is InChI=1S/C37H40BrN3O2/c1-24-21-29(12-13-31(24)38)36(28-8-5-4-6-9-28)41-17-14-26(15-18-41)22-27-20-25(2)34-33(23-27)40-32-11-7-10-30(35(32)34)37(42)39-16-19-43-3/h4-13,20-21,23,26-27,36H,14-19,22H2,1-3H3,(H,39,42). The molecule has 6 heteroatoms. The zero-order valence-corrected chi connectivity index (χ0v) is 26.9. The first kappa shape index (κ1) is 29.7. The third-order valence-corrected chi connectivity index (χ3v) is 9.98. The van der Waals surface area contributed by atoms with Gasteiger partial charge in [-0.05, 0) is 98.5 Å². The number of piperidine rings is 1. The van der Waals surface area contributed by atoms with Crippen LogP contribution in [0.25, 0.3) is 5.57 Å². The molecule has 2 aliphatic heterocycles. The van der Waals surface area contributed by atoms with Crippen LogP contribution in [-0.4, -0.2) is 44.2 Å². The van der Waals surface area contributed by atoms with Crippen molar-refractivity contribution in [3.63, 3.8) is 0 Å². The van der Waals surface area contributed by atoms with Crippen LogP contribution in [0.1, 0.15) is 59.3 Å². The third kappa shape index (κ3) is 6.33. The van der Waals surface area contributed by atoms with Gasteiger partial charge in [-0.1, -0.05) is 76.6 Å². The number of hydrogen-bond donors (Lipinski definition) is 1. The van der Waals surface area contributed by atoms with Gasteiger partial charge in [0.1, 0.15) is 0 Å². The molecular formula is C37H40BrN3O2. The molecule has 1 N–H and O–H groups in total. The highest BCUT2D eigenvalue weighted by atomic mass is 79.9. The third-order valence-electron chi connectivity index (χ3n) is 9.09. The van der Waals surface area contributed by atoms with E-state index in [0.29, 0.717) is 30.6 Å². The Morgan fingerprint density at radius 3 is 2.56 bits per heavy atom. The van der Waals surface area contributed by atoms with Crippen molar-refractivity contribution in [2.24, 2.45) is 16.8 Å². The molecule has 0 bridgehead atoms. The lowest BCUT2D eigenvalue weighted by atomic mass is 9.81. The van der Waals surface area contributed by atoms with Crippen LogP contribution in [0.4, 0.5) is 0 Å². The summed E-state index contributed by atoms with van der Waals surface area (Å²) in [5.41, 5.74) is 8.01. The predicted octanol–water partition coefficient (Wildman–Crippen LogP) is 6.27. The topological polar surface area (TPSA) is 53.9 Å². The molecule has 3 aromatic rings. The molecule has 3 aromatic carbocycles. The molecule has 2 unspecified atom stereocenters. The number of rotatable bonds is 9. The van der Waals surface area contributed by atoms with Gasteiger partial charge in [-0.15, -0.1) is 0 Å². The SMILES string of the molecule is COCCNC(=O)c1cccc2c1=C1C(C)=CC(CC3CCN(C(c4ccccc4)c4ccc(Br)c(C)c4)CC3)C=C1N=2. The van der Waals surface area contributed by atoms with E-state index in [-0.39, 0.29) is 11.9 Å². The van der Waals surface area contributed by atoms with Gasteiger partial charge in [-0.25, -0.2) is 4.99 Å². The smallest absolute Gasteiger partial charge is 0.252 e. The van der Waals surface area contributed by atoms with E-state index in [1.807, 2.05) is 18.2 Å². The predicted molar refractivity (Wildman–Crippen MR) is 176 cm³/mol. The fourth-order valence-electron chi connectivity index (χ4n) is 6.99. The first-order valence-corrected chi connectivity index (χ1v) is 16.2. The van der Waals surface area contributed by atoms with Crippen LogP contribution >= 0.6 is 15.9 Å². The molecular weight excluding hydrogens is 598 g/mol. The largest absolute Gasteiger partial charge is 0.383 e. The Kier molecular flexibility index (Phi) is 9.08. The Morgan fingerprint density at radius 1 is 1.02 bits per heavy atom. The van der Waals surface area contributed by atoms with Gasteiger partial charge >= 0.3 is 0 Å². The van der Waals surface area contributed by atoms with E-state index in [9.17, 15) is 4.79 Å². The second-order valence-electron chi connectivity index (χ2n) is 12.0. The number of fused-ring (bicyclic) bond motifs is 2. The molecule has 1 fully saturated rings.